The molecule has 0 radical (unpaired) electrons. The lowest BCUT2D eigenvalue weighted by Gasteiger charge is -2.32. The lowest BCUT2D eigenvalue weighted by Crippen LogP contribution is -2.40. The van der Waals surface area contributed by atoms with E-state index in [-0.39, 0.29) is 11.9 Å². The van der Waals surface area contributed by atoms with Crippen LogP contribution in [0.2, 0.25) is 0 Å². The van der Waals surface area contributed by atoms with Gasteiger partial charge in [-0.2, -0.15) is 5.10 Å². The SMILES string of the molecule is CCCOC1CCC(C(C)NC(=O)c2cnn3c(C)cc(C4CCNCC4)nc23)CC1. The van der Waals surface area contributed by atoms with Crippen LogP contribution in [-0.2, 0) is 4.74 Å². The summed E-state index contributed by atoms with van der Waals surface area (Å²) in [5.41, 5.74) is 3.36. The number of nitrogens with zero attached hydrogens (tertiary/aromatic N) is 3. The highest BCUT2D eigenvalue weighted by Gasteiger charge is 2.28. The van der Waals surface area contributed by atoms with Crippen molar-refractivity contribution in [1.29, 1.82) is 0 Å². The molecule has 1 saturated heterocycles. The van der Waals surface area contributed by atoms with Gasteiger partial charge in [0.2, 0.25) is 0 Å². The number of fused-ring (bicyclic) bond motifs is 1. The number of amides is 1. The molecule has 0 spiro atoms. The third-order valence-electron chi connectivity index (χ3n) is 7.01. The molecule has 2 aliphatic rings. The van der Waals surface area contributed by atoms with Gasteiger partial charge in [-0.1, -0.05) is 6.92 Å². The van der Waals surface area contributed by atoms with E-state index in [1.807, 2.05) is 6.92 Å². The fourth-order valence-electron chi connectivity index (χ4n) is 5.07. The molecular weight excluding hydrogens is 390 g/mol. The van der Waals surface area contributed by atoms with Gasteiger partial charge in [-0.25, -0.2) is 9.50 Å². The second kappa shape index (κ2) is 10.1. The molecule has 2 fully saturated rings. The summed E-state index contributed by atoms with van der Waals surface area (Å²) in [6.45, 7) is 9.20. The van der Waals surface area contributed by atoms with Crippen LogP contribution in [0.3, 0.4) is 0 Å². The van der Waals surface area contributed by atoms with Gasteiger partial charge in [-0.05, 0) is 83.9 Å². The predicted octanol–water partition coefficient (Wildman–Crippen LogP) is 3.61. The zero-order valence-electron chi connectivity index (χ0n) is 19.2. The maximum Gasteiger partial charge on any atom is 0.256 e. The Morgan fingerprint density at radius 2 is 2.00 bits per heavy atom. The largest absolute Gasteiger partial charge is 0.378 e. The van der Waals surface area contributed by atoms with E-state index in [4.69, 9.17) is 9.72 Å². The summed E-state index contributed by atoms with van der Waals surface area (Å²) in [5.74, 6) is 0.869. The molecule has 2 aromatic rings. The number of rotatable bonds is 7. The van der Waals surface area contributed by atoms with Gasteiger partial charge in [-0.3, -0.25) is 4.79 Å². The standard InChI is InChI=1S/C24H37N5O2/c1-4-13-31-20-7-5-18(6-8-20)17(3)27-24(30)21-15-26-29-16(2)14-22(28-23(21)29)19-9-11-25-12-10-19/h14-15,17-20,25H,4-13H2,1-3H3,(H,27,30). The van der Waals surface area contributed by atoms with Crippen molar-refractivity contribution < 1.29 is 9.53 Å². The number of hydrogen-bond donors (Lipinski definition) is 2. The van der Waals surface area contributed by atoms with Crippen LogP contribution in [0.25, 0.3) is 5.65 Å². The predicted molar refractivity (Wildman–Crippen MR) is 121 cm³/mol. The molecule has 1 amide bonds. The highest BCUT2D eigenvalue weighted by Crippen LogP contribution is 2.29. The first kappa shape index (κ1) is 22.2. The second-order valence-corrected chi connectivity index (χ2v) is 9.31. The maximum atomic E-state index is 13.1. The van der Waals surface area contributed by atoms with Crippen molar-refractivity contribution in [3.05, 3.63) is 29.2 Å². The first-order valence-corrected chi connectivity index (χ1v) is 12.0. The van der Waals surface area contributed by atoms with E-state index in [0.717, 1.165) is 76.0 Å². The molecule has 1 unspecified atom stereocenters. The Labute approximate surface area is 185 Å². The summed E-state index contributed by atoms with van der Waals surface area (Å²) in [7, 11) is 0. The van der Waals surface area contributed by atoms with E-state index in [1.165, 1.54) is 0 Å². The second-order valence-electron chi connectivity index (χ2n) is 9.31. The van der Waals surface area contributed by atoms with Crippen molar-refractivity contribution >= 4 is 11.6 Å². The lowest BCUT2D eigenvalue weighted by atomic mass is 9.83. The van der Waals surface area contributed by atoms with Crippen LogP contribution in [0.4, 0.5) is 0 Å². The average molecular weight is 428 g/mol. The van der Waals surface area contributed by atoms with E-state index in [0.29, 0.717) is 29.2 Å². The first-order chi connectivity index (χ1) is 15.1. The molecule has 2 aromatic heterocycles. The highest BCUT2D eigenvalue weighted by atomic mass is 16.5. The number of piperidine rings is 1. The van der Waals surface area contributed by atoms with Crippen molar-refractivity contribution in [1.82, 2.24) is 25.2 Å². The van der Waals surface area contributed by atoms with Crippen LogP contribution >= 0.6 is 0 Å². The Kier molecular flexibility index (Phi) is 7.23. The molecule has 4 rings (SSSR count). The fraction of sp³-hybridized carbons (Fsp3) is 0.708. The maximum absolute atomic E-state index is 13.1. The minimum atomic E-state index is -0.0683. The average Bonchev–Trinajstić information content (AvgIpc) is 3.23. The third-order valence-corrected chi connectivity index (χ3v) is 7.01. The van der Waals surface area contributed by atoms with Gasteiger partial charge in [0, 0.05) is 30.0 Å². The van der Waals surface area contributed by atoms with Gasteiger partial charge >= 0.3 is 0 Å². The first-order valence-electron chi connectivity index (χ1n) is 12.0. The quantitative estimate of drug-likeness (QED) is 0.706. The molecule has 7 heteroatoms. The molecule has 2 N–H and O–H groups in total. The molecule has 1 aliphatic heterocycles. The summed E-state index contributed by atoms with van der Waals surface area (Å²) in [4.78, 5) is 18.0. The van der Waals surface area contributed by atoms with Crippen LogP contribution in [0, 0.1) is 12.8 Å². The van der Waals surface area contributed by atoms with Crippen molar-refractivity contribution in [3.63, 3.8) is 0 Å². The van der Waals surface area contributed by atoms with Crippen molar-refractivity contribution in [2.45, 2.75) is 83.8 Å². The molecule has 170 valence electrons. The molecule has 1 atom stereocenters. The number of hydrogen-bond acceptors (Lipinski definition) is 5. The monoisotopic (exact) mass is 427 g/mol. The summed E-state index contributed by atoms with van der Waals surface area (Å²) >= 11 is 0. The smallest absolute Gasteiger partial charge is 0.256 e. The molecule has 0 bridgehead atoms. The molecule has 31 heavy (non-hydrogen) atoms. The minimum absolute atomic E-state index is 0.0683. The van der Waals surface area contributed by atoms with Gasteiger partial charge in [0.15, 0.2) is 5.65 Å². The van der Waals surface area contributed by atoms with E-state index >= 15 is 0 Å². The van der Waals surface area contributed by atoms with Crippen LogP contribution in [0.15, 0.2) is 12.3 Å². The summed E-state index contributed by atoms with van der Waals surface area (Å²) in [6.07, 6.45) is 9.66. The molecule has 3 heterocycles. The van der Waals surface area contributed by atoms with E-state index in [9.17, 15) is 4.79 Å². The van der Waals surface area contributed by atoms with E-state index in [1.54, 1.807) is 10.7 Å². The van der Waals surface area contributed by atoms with Crippen LogP contribution in [-0.4, -0.2) is 52.3 Å². The number of carbonyl (C=O) groups is 1. The molecule has 0 aromatic carbocycles. The van der Waals surface area contributed by atoms with Crippen LogP contribution in [0.5, 0.6) is 0 Å². The Balaban J connectivity index is 1.43. The number of aryl methyl sites for hydroxylation is 1. The van der Waals surface area contributed by atoms with Gasteiger partial charge < -0.3 is 15.4 Å². The lowest BCUT2D eigenvalue weighted by molar-refractivity contribution is 0.0151. The Bertz CT molecular complexity index is 881. The molecule has 7 nitrogen and oxygen atoms in total. The summed E-state index contributed by atoms with van der Waals surface area (Å²) < 4.78 is 7.70. The minimum Gasteiger partial charge on any atom is -0.378 e. The Hall–Kier alpha value is -1.99. The van der Waals surface area contributed by atoms with Crippen molar-refractivity contribution in [2.24, 2.45) is 5.92 Å². The van der Waals surface area contributed by atoms with E-state index in [2.05, 4.69) is 35.6 Å². The molecule has 1 saturated carbocycles. The van der Waals surface area contributed by atoms with Crippen molar-refractivity contribution in [3.8, 4) is 0 Å². The van der Waals surface area contributed by atoms with Crippen LogP contribution < -0.4 is 10.6 Å². The normalized spacial score (nSPS) is 23.7. The Morgan fingerprint density at radius 3 is 2.71 bits per heavy atom. The van der Waals surface area contributed by atoms with Gasteiger partial charge in [0.1, 0.15) is 5.56 Å². The number of nitrogens with one attached hydrogen (secondary N) is 2. The Morgan fingerprint density at radius 1 is 1.26 bits per heavy atom. The summed E-state index contributed by atoms with van der Waals surface area (Å²) in [5, 5.41) is 11.1. The van der Waals surface area contributed by atoms with Gasteiger partial charge in [0.25, 0.3) is 5.91 Å². The number of carbonyl (C=O) groups excluding carboxylic acids is 1. The van der Waals surface area contributed by atoms with E-state index < -0.39 is 0 Å². The van der Waals surface area contributed by atoms with Crippen molar-refractivity contribution in [2.75, 3.05) is 19.7 Å². The zero-order chi connectivity index (χ0) is 21.8. The van der Waals surface area contributed by atoms with Crippen LogP contribution in [0.1, 0.15) is 86.5 Å². The van der Waals surface area contributed by atoms with Gasteiger partial charge in [0.05, 0.1) is 12.3 Å². The van der Waals surface area contributed by atoms with Gasteiger partial charge in [-0.15, -0.1) is 0 Å². The topological polar surface area (TPSA) is 80.5 Å². The zero-order valence-corrected chi connectivity index (χ0v) is 19.2. The summed E-state index contributed by atoms with van der Waals surface area (Å²) in [6, 6.07) is 2.25. The third kappa shape index (κ3) is 5.09. The highest BCUT2D eigenvalue weighted by molar-refractivity contribution is 5.99. The fourth-order valence-corrected chi connectivity index (χ4v) is 5.07. The number of ether oxygens (including phenoxy) is 1. The molecule has 1 aliphatic carbocycles. The molecular formula is C24H37N5O2. The number of aromatic nitrogens is 3.